The summed E-state index contributed by atoms with van der Waals surface area (Å²) in [7, 11) is 0. The molecule has 61 heavy (non-hydrogen) atoms. The Morgan fingerprint density at radius 1 is 0.393 bits per heavy atom. The van der Waals surface area contributed by atoms with Gasteiger partial charge in [-0.1, -0.05) is 261 Å². The molecule has 0 saturated heterocycles. The van der Waals surface area contributed by atoms with Crippen molar-refractivity contribution in [1.82, 2.24) is 5.32 Å². The summed E-state index contributed by atoms with van der Waals surface area (Å²) in [5, 5.41) is 23.1. The molecule has 0 saturated carbocycles. The van der Waals surface area contributed by atoms with Gasteiger partial charge in [-0.25, -0.2) is 0 Å². The Morgan fingerprint density at radius 3 is 1.07 bits per heavy atom. The number of aliphatic hydroxyl groups excluding tert-OH is 2. The number of hydrogen-bond donors (Lipinski definition) is 3. The molecule has 356 valence electrons. The lowest BCUT2D eigenvalue weighted by Gasteiger charge is -2.19. The third kappa shape index (κ3) is 49.0. The highest BCUT2D eigenvalue weighted by Gasteiger charge is 2.17. The molecule has 0 aliphatic rings. The Labute approximate surface area is 381 Å². The van der Waals surface area contributed by atoms with Crippen LogP contribution >= 0.6 is 0 Å². The maximum absolute atomic E-state index is 12.5. The van der Waals surface area contributed by atoms with E-state index < -0.39 is 12.1 Å². The minimum Gasteiger partial charge on any atom is -0.394 e. The summed E-state index contributed by atoms with van der Waals surface area (Å²) < 4.78 is 0. The molecular weight excluding hydrogens is 747 g/mol. The number of carbonyl (C=O) groups excluding carboxylic acids is 1. The van der Waals surface area contributed by atoms with Crippen LogP contribution in [0.1, 0.15) is 277 Å². The quantitative estimate of drug-likeness (QED) is 0.0422. The minimum absolute atomic E-state index is 0.0770. The highest BCUT2D eigenvalue weighted by atomic mass is 16.3. The monoisotopic (exact) mass is 852 g/mol. The highest BCUT2D eigenvalue weighted by Crippen LogP contribution is 2.16. The van der Waals surface area contributed by atoms with Gasteiger partial charge in [0.15, 0.2) is 0 Å². The molecule has 0 rings (SSSR count). The average molecular weight is 852 g/mol. The van der Waals surface area contributed by atoms with Gasteiger partial charge in [0.25, 0.3) is 0 Å². The summed E-state index contributed by atoms with van der Waals surface area (Å²) in [6.45, 7) is 4.30. The molecule has 0 fully saturated rings. The van der Waals surface area contributed by atoms with Crippen LogP contribution in [0.25, 0.3) is 0 Å². The van der Waals surface area contributed by atoms with Crippen LogP contribution in [0.15, 0.2) is 60.8 Å². The van der Waals surface area contributed by atoms with E-state index in [-0.39, 0.29) is 12.5 Å². The van der Waals surface area contributed by atoms with Gasteiger partial charge in [-0.15, -0.1) is 0 Å². The minimum atomic E-state index is -0.867. The number of amides is 1. The average Bonchev–Trinajstić information content (AvgIpc) is 3.26. The number of hydrogen-bond acceptors (Lipinski definition) is 3. The Hall–Kier alpha value is -1.91. The molecule has 4 heteroatoms. The predicted octanol–water partition coefficient (Wildman–Crippen LogP) is 17.6. The van der Waals surface area contributed by atoms with Crippen molar-refractivity contribution in [3.05, 3.63) is 60.8 Å². The van der Waals surface area contributed by atoms with Gasteiger partial charge in [-0.05, 0) is 70.6 Å². The van der Waals surface area contributed by atoms with Gasteiger partial charge in [0.05, 0.1) is 18.8 Å². The Bertz CT molecular complexity index is 1010. The molecule has 1 amide bonds. The Balaban J connectivity index is 3.57. The Morgan fingerprint density at radius 2 is 0.689 bits per heavy atom. The van der Waals surface area contributed by atoms with Crippen LogP contribution in [-0.4, -0.2) is 34.9 Å². The second-order valence-electron chi connectivity index (χ2n) is 18.3. The van der Waals surface area contributed by atoms with E-state index in [4.69, 9.17) is 0 Å². The molecule has 0 aromatic rings. The van der Waals surface area contributed by atoms with Crippen molar-refractivity contribution >= 4 is 5.91 Å². The maximum Gasteiger partial charge on any atom is 0.220 e. The van der Waals surface area contributed by atoms with Crippen LogP contribution in [0.4, 0.5) is 0 Å². The molecule has 0 heterocycles. The van der Waals surface area contributed by atoms with E-state index in [0.29, 0.717) is 6.42 Å². The van der Waals surface area contributed by atoms with Crippen molar-refractivity contribution in [2.75, 3.05) is 6.61 Å². The molecule has 0 aromatic heterocycles. The lowest BCUT2D eigenvalue weighted by atomic mass is 10.0. The normalized spacial score (nSPS) is 13.3. The van der Waals surface area contributed by atoms with Gasteiger partial charge in [0.1, 0.15) is 0 Å². The number of unbranched alkanes of at least 4 members (excludes halogenated alkanes) is 34. The zero-order valence-electron chi connectivity index (χ0n) is 40.9. The van der Waals surface area contributed by atoms with Crippen LogP contribution in [0.3, 0.4) is 0 Å². The second kappa shape index (κ2) is 52.4. The fourth-order valence-electron chi connectivity index (χ4n) is 8.09. The molecule has 2 unspecified atom stereocenters. The standard InChI is InChI=1S/C57H105NO3/c1-3-5-7-9-11-13-15-17-19-21-23-25-27-29-31-33-35-37-39-41-43-45-47-49-51-53-57(61)58-55(54-59)56(60)52-50-48-46-44-42-40-38-36-34-32-30-28-26-24-22-20-18-16-14-12-10-8-6-4-2/h15,17,21,23,27,29,42,44,50,52,55-56,59-60H,3-14,16,18-20,22,24-26,28,30-41,43,45-49,51,53-54H2,1-2H3,(H,58,61)/b17-15-,23-21-,29-27-,44-42+,52-50+. The van der Waals surface area contributed by atoms with Gasteiger partial charge in [-0.2, -0.15) is 0 Å². The summed E-state index contributed by atoms with van der Waals surface area (Å²) in [5.41, 5.74) is 0. The highest BCUT2D eigenvalue weighted by molar-refractivity contribution is 5.76. The summed E-state index contributed by atoms with van der Waals surface area (Å²) in [4.78, 5) is 12.5. The first-order valence-electron chi connectivity index (χ1n) is 27.0. The molecule has 0 bridgehead atoms. The van der Waals surface area contributed by atoms with Crippen molar-refractivity contribution < 1.29 is 15.0 Å². The largest absolute Gasteiger partial charge is 0.394 e. The van der Waals surface area contributed by atoms with E-state index in [0.717, 1.165) is 44.9 Å². The Kier molecular flexibility index (Phi) is 50.8. The van der Waals surface area contributed by atoms with Crippen molar-refractivity contribution in [1.29, 1.82) is 0 Å². The van der Waals surface area contributed by atoms with E-state index in [1.54, 1.807) is 6.08 Å². The van der Waals surface area contributed by atoms with Crippen molar-refractivity contribution in [3.63, 3.8) is 0 Å². The van der Waals surface area contributed by atoms with E-state index in [2.05, 4.69) is 67.8 Å². The molecule has 4 nitrogen and oxygen atoms in total. The van der Waals surface area contributed by atoms with Gasteiger partial charge in [-0.3, -0.25) is 4.79 Å². The van der Waals surface area contributed by atoms with E-state index in [1.807, 2.05) is 6.08 Å². The van der Waals surface area contributed by atoms with Crippen LogP contribution < -0.4 is 5.32 Å². The molecule has 0 aliphatic heterocycles. The molecule has 0 spiro atoms. The molecule has 0 aliphatic carbocycles. The number of aliphatic hydroxyl groups is 2. The lowest BCUT2D eigenvalue weighted by Crippen LogP contribution is -2.45. The van der Waals surface area contributed by atoms with Gasteiger partial charge >= 0.3 is 0 Å². The van der Waals surface area contributed by atoms with Crippen LogP contribution in [0.2, 0.25) is 0 Å². The van der Waals surface area contributed by atoms with Crippen molar-refractivity contribution in [2.45, 2.75) is 289 Å². The number of allylic oxidation sites excluding steroid dienone is 9. The van der Waals surface area contributed by atoms with Crippen LogP contribution in [-0.2, 0) is 4.79 Å². The smallest absolute Gasteiger partial charge is 0.220 e. The van der Waals surface area contributed by atoms with Crippen molar-refractivity contribution in [3.8, 4) is 0 Å². The predicted molar refractivity (Wildman–Crippen MR) is 271 cm³/mol. The lowest BCUT2D eigenvalue weighted by molar-refractivity contribution is -0.123. The number of rotatable bonds is 49. The number of carbonyl (C=O) groups is 1. The first-order valence-corrected chi connectivity index (χ1v) is 27.0. The van der Waals surface area contributed by atoms with Crippen LogP contribution in [0.5, 0.6) is 0 Å². The van der Waals surface area contributed by atoms with E-state index in [1.165, 1.54) is 212 Å². The summed E-state index contributed by atoms with van der Waals surface area (Å²) in [5.74, 6) is -0.0770. The first-order chi connectivity index (χ1) is 30.2. The van der Waals surface area contributed by atoms with E-state index >= 15 is 0 Å². The fourth-order valence-corrected chi connectivity index (χ4v) is 8.09. The fraction of sp³-hybridized carbons (Fsp3) is 0.807. The third-order valence-corrected chi connectivity index (χ3v) is 12.2. The van der Waals surface area contributed by atoms with Gasteiger partial charge < -0.3 is 15.5 Å². The summed E-state index contributed by atoms with van der Waals surface area (Å²) >= 11 is 0. The molecule has 0 radical (unpaired) electrons. The summed E-state index contributed by atoms with van der Waals surface area (Å²) in [6.07, 6.45) is 73.7. The summed E-state index contributed by atoms with van der Waals surface area (Å²) in [6, 6.07) is -0.644. The molecule has 0 aromatic carbocycles. The number of nitrogens with one attached hydrogen (secondary N) is 1. The van der Waals surface area contributed by atoms with Crippen molar-refractivity contribution in [2.24, 2.45) is 0 Å². The van der Waals surface area contributed by atoms with Crippen LogP contribution in [0, 0.1) is 0 Å². The first kappa shape index (κ1) is 59.1. The zero-order valence-corrected chi connectivity index (χ0v) is 40.9. The van der Waals surface area contributed by atoms with Gasteiger partial charge in [0, 0.05) is 6.42 Å². The third-order valence-electron chi connectivity index (χ3n) is 12.2. The molecule has 3 N–H and O–H groups in total. The molecule has 2 atom stereocenters. The topological polar surface area (TPSA) is 69.6 Å². The maximum atomic E-state index is 12.5. The zero-order chi connectivity index (χ0) is 44.2. The molecular formula is C57H105NO3. The van der Waals surface area contributed by atoms with E-state index in [9.17, 15) is 15.0 Å². The SMILES string of the molecule is CCCCCCC/C=C\C/C=C\C/C=C\CCCCCCCCCCCCC(=O)NC(CO)C(O)/C=C/CC/C=C/CCCCCCCCCCCCCCCCCCCC. The van der Waals surface area contributed by atoms with Gasteiger partial charge in [0.2, 0.25) is 5.91 Å². The second-order valence-corrected chi connectivity index (χ2v) is 18.3.